The molecule has 3 rings (SSSR count). The van der Waals surface area contributed by atoms with Gasteiger partial charge < -0.3 is 0 Å². The van der Waals surface area contributed by atoms with Gasteiger partial charge in [0.2, 0.25) is 0 Å². The van der Waals surface area contributed by atoms with Crippen LogP contribution in [0.4, 0.5) is 5.69 Å². The second-order valence-corrected chi connectivity index (χ2v) is 9.83. The van der Waals surface area contributed by atoms with Gasteiger partial charge >= 0.3 is 0 Å². The largest absolute Gasteiger partial charge is 0.264 e. The van der Waals surface area contributed by atoms with Crippen molar-refractivity contribution in [2.75, 3.05) is 10.8 Å². The Morgan fingerprint density at radius 2 is 1.77 bits per heavy atom. The number of rotatable bonds is 6. The summed E-state index contributed by atoms with van der Waals surface area (Å²) >= 11 is 3.73. The molecule has 0 unspecified atom stereocenters. The fraction of sp³-hybridized carbons (Fsp3) is 0.100. The summed E-state index contributed by atoms with van der Waals surface area (Å²) in [6.45, 7) is 6.26. The third-order valence-electron chi connectivity index (χ3n) is 3.93. The summed E-state index contributed by atoms with van der Waals surface area (Å²) in [5.41, 5.74) is 2.45. The summed E-state index contributed by atoms with van der Waals surface area (Å²) in [4.78, 5) is 1.27. The molecule has 0 aliphatic rings. The van der Waals surface area contributed by atoms with Crippen LogP contribution in [0, 0.1) is 10.5 Å². The molecular weight excluding hydrogens is 477 g/mol. The zero-order chi connectivity index (χ0) is 18.7. The van der Waals surface area contributed by atoms with Crippen LogP contribution >= 0.6 is 33.9 Å². The monoisotopic (exact) mass is 495 g/mol. The Bertz CT molecular complexity index is 1010. The van der Waals surface area contributed by atoms with E-state index < -0.39 is 10.0 Å². The number of sulfonamides is 1. The van der Waals surface area contributed by atoms with Crippen molar-refractivity contribution >= 4 is 55.2 Å². The van der Waals surface area contributed by atoms with Crippen LogP contribution in [0.5, 0.6) is 0 Å². The number of halogens is 1. The molecule has 1 aromatic heterocycles. The van der Waals surface area contributed by atoms with Crippen molar-refractivity contribution < 1.29 is 8.42 Å². The minimum atomic E-state index is -3.71. The summed E-state index contributed by atoms with van der Waals surface area (Å²) < 4.78 is 29.1. The van der Waals surface area contributed by atoms with E-state index in [0.29, 0.717) is 5.69 Å². The maximum atomic E-state index is 13.4. The Balaban J connectivity index is 2.07. The molecule has 0 fully saturated rings. The number of para-hydroxylation sites is 1. The maximum Gasteiger partial charge on any atom is 0.264 e. The third kappa shape index (κ3) is 4.02. The quantitative estimate of drug-likeness (QED) is 0.420. The van der Waals surface area contributed by atoms with Gasteiger partial charge in [-0.25, -0.2) is 8.42 Å². The molecule has 0 saturated carbocycles. The molecular formula is C20H18INO2S2. The van der Waals surface area contributed by atoms with Crippen LogP contribution in [0.2, 0.25) is 0 Å². The second-order valence-electron chi connectivity index (χ2n) is 5.86. The van der Waals surface area contributed by atoms with Crippen LogP contribution in [0.15, 0.2) is 77.5 Å². The SMILES string of the molecule is C=C(CN(c1ccccc1I)S(=O)(=O)c1ccc(C)cc1)c1cccs1. The Morgan fingerprint density at radius 3 is 2.38 bits per heavy atom. The van der Waals surface area contributed by atoms with Gasteiger partial charge in [0, 0.05) is 8.45 Å². The molecule has 2 aromatic carbocycles. The molecule has 0 aliphatic carbocycles. The molecule has 0 radical (unpaired) electrons. The van der Waals surface area contributed by atoms with Crippen LogP contribution in [0.25, 0.3) is 5.57 Å². The second kappa shape index (κ2) is 7.94. The summed E-state index contributed by atoms with van der Waals surface area (Å²) in [7, 11) is -3.71. The maximum absolute atomic E-state index is 13.4. The van der Waals surface area contributed by atoms with Crippen molar-refractivity contribution in [1.82, 2.24) is 0 Å². The van der Waals surface area contributed by atoms with Gasteiger partial charge in [-0.3, -0.25) is 4.31 Å². The van der Waals surface area contributed by atoms with Crippen molar-refractivity contribution in [1.29, 1.82) is 0 Å². The lowest BCUT2D eigenvalue weighted by Gasteiger charge is -2.26. The van der Waals surface area contributed by atoms with Crippen LogP contribution in [-0.2, 0) is 10.0 Å². The van der Waals surface area contributed by atoms with Crippen molar-refractivity contribution in [2.45, 2.75) is 11.8 Å². The van der Waals surface area contributed by atoms with Crippen LogP contribution < -0.4 is 4.31 Å². The summed E-state index contributed by atoms with van der Waals surface area (Å²) in [5, 5.41) is 1.96. The van der Waals surface area contributed by atoms with E-state index >= 15 is 0 Å². The molecule has 0 aliphatic heterocycles. The lowest BCUT2D eigenvalue weighted by atomic mass is 10.2. The van der Waals surface area contributed by atoms with Crippen LogP contribution in [-0.4, -0.2) is 15.0 Å². The smallest absolute Gasteiger partial charge is 0.261 e. The van der Waals surface area contributed by atoms with Gasteiger partial charge in [-0.15, -0.1) is 11.3 Å². The summed E-state index contributed by atoms with van der Waals surface area (Å²) in [6, 6.07) is 18.3. The highest BCUT2D eigenvalue weighted by Crippen LogP contribution is 2.31. The summed E-state index contributed by atoms with van der Waals surface area (Å²) in [6.07, 6.45) is 0. The van der Waals surface area contributed by atoms with Crippen LogP contribution in [0.3, 0.4) is 0 Å². The fourth-order valence-corrected chi connectivity index (χ4v) is 5.53. The van der Waals surface area contributed by atoms with Gasteiger partial charge in [0.15, 0.2) is 0 Å². The van der Waals surface area contributed by atoms with E-state index in [9.17, 15) is 8.42 Å². The third-order valence-corrected chi connectivity index (χ3v) is 7.59. The molecule has 6 heteroatoms. The predicted molar refractivity (Wildman–Crippen MR) is 118 cm³/mol. The highest BCUT2D eigenvalue weighted by Gasteiger charge is 2.27. The molecule has 0 atom stereocenters. The van der Waals surface area contributed by atoms with E-state index in [1.165, 1.54) is 4.31 Å². The van der Waals surface area contributed by atoms with E-state index in [-0.39, 0.29) is 11.4 Å². The first-order chi connectivity index (χ1) is 12.4. The number of anilines is 1. The van der Waals surface area contributed by atoms with Crippen molar-refractivity contribution in [3.05, 3.63) is 86.6 Å². The first-order valence-electron chi connectivity index (χ1n) is 7.95. The number of aryl methyl sites for hydroxylation is 1. The van der Waals surface area contributed by atoms with Gasteiger partial charge in [-0.1, -0.05) is 42.5 Å². The minimum Gasteiger partial charge on any atom is -0.261 e. The van der Waals surface area contributed by atoms with Crippen molar-refractivity contribution in [3.8, 4) is 0 Å². The highest BCUT2D eigenvalue weighted by molar-refractivity contribution is 14.1. The standard InChI is InChI=1S/C20H18INO2S2/c1-15-9-11-17(12-10-15)26(23,24)22(19-7-4-3-6-18(19)21)14-16(2)20-8-5-13-25-20/h3-13H,2,14H2,1H3. The van der Waals surface area contributed by atoms with Crippen molar-refractivity contribution in [3.63, 3.8) is 0 Å². The topological polar surface area (TPSA) is 37.4 Å². The number of hydrogen-bond acceptors (Lipinski definition) is 3. The Morgan fingerprint density at radius 1 is 1.08 bits per heavy atom. The molecule has 3 aromatic rings. The van der Waals surface area contributed by atoms with E-state index in [1.807, 2.05) is 60.8 Å². The van der Waals surface area contributed by atoms with E-state index in [1.54, 1.807) is 23.5 Å². The summed E-state index contributed by atoms with van der Waals surface area (Å²) in [5.74, 6) is 0. The van der Waals surface area contributed by atoms with Gasteiger partial charge in [0.05, 0.1) is 17.1 Å². The molecule has 134 valence electrons. The van der Waals surface area contributed by atoms with Gasteiger partial charge in [0.25, 0.3) is 10.0 Å². The minimum absolute atomic E-state index is 0.205. The first kappa shape index (κ1) is 19.1. The molecule has 1 heterocycles. The average Bonchev–Trinajstić information content (AvgIpc) is 3.15. The lowest BCUT2D eigenvalue weighted by molar-refractivity contribution is 0.593. The predicted octanol–water partition coefficient (Wildman–Crippen LogP) is 5.57. The normalized spacial score (nSPS) is 11.3. The molecule has 3 nitrogen and oxygen atoms in total. The lowest BCUT2D eigenvalue weighted by Crippen LogP contribution is -2.33. The zero-order valence-corrected chi connectivity index (χ0v) is 18.0. The molecule has 0 N–H and O–H groups in total. The van der Waals surface area contributed by atoms with E-state index in [4.69, 9.17) is 0 Å². The molecule has 0 saturated heterocycles. The number of nitrogens with zero attached hydrogens (tertiary/aromatic N) is 1. The molecule has 0 spiro atoms. The molecule has 0 amide bonds. The van der Waals surface area contributed by atoms with Gasteiger partial charge in [0.1, 0.15) is 0 Å². The average molecular weight is 495 g/mol. The fourth-order valence-electron chi connectivity index (χ4n) is 2.52. The number of benzene rings is 2. The van der Waals surface area contributed by atoms with E-state index in [2.05, 4.69) is 29.2 Å². The molecule has 0 bridgehead atoms. The Kier molecular flexibility index (Phi) is 5.84. The highest BCUT2D eigenvalue weighted by atomic mass is 127. The number of thiophene rings is 1. The van der Waals surface area contributed by atoms with E-state index in [0.717, 1.165) is 19.6 Å². The Labute approximate surface area is 172 Å². The first-order valence-corrected chi connectivity index (χ1v) is 11.3. The van der Waals surface area contributed by atoms with Gasteiger partial charge in [-0.2, -0.15) is 0 Å². The van der Waals surface area contributed by atoms with Crippen molar-refractivity contribution in [2.24, 2.45) is 0 Å². The van der Waals surface area contributed by atoms with Crippen LogP contribution in [0.1, 0.15) is 10.4 Å². The van der Waals surface area contributed by atoms with Gasteiger partial charge in [-0.05, 0) is 70.8 Å². The number of hydrogen-bond donors (Lipinski definition) is 0. The Hall–Kier alpha value is -1.64. The zero-order valence-electron chi connectivity index (χ0n) is 14.2. The molecule has 26 heavy (non-hydrogen) atoms.